The van der Waals surface area contributed by atoms with Crippen LogP contribution in [-0.2, 0) is 0 Å². The van der Waals surface area contributed by atoms with Crippen molar-refractivity contribution in [3.63, 3.8) is 0 Å². The Bertz CT molecular complexity index is 1240. The molecule has 0 aliphatic carbocycles. The molecule has 0 bridgehead atoms. The van der Waals surface area contributed by atoms with Gasteiger partial charge in [-0.05, 0) is 12.1 Å². The van der Waals surface area contributed by atoms with Gasteiger partial charge in [-0.25, -0.2) is 4.98 Å². The number of rotatable bonds is 4. The largest absolute Gasteiger partial charge is 0.355 e. The zero-order valence-electron chi connectivity index (χ0n) is 14.6. The number of imidazole rings is 1. The number of hydrogen-bond donors (Lipinski definition) is 1. The first-order valence-corrected chi connectivity index (χ1v) is 9.50. The van der Waals surface area contributed by atoms with Gasteiger partial charge in [-0.15, -0.1) is 11.3 Å². The predicted octanol–water partition coefficient (Wildman–Crippen LogP) is 4.97. The van der Waals surface area contributed by atoms with Crippen LogP contribution in [0.15, 0.2) is 83.0 Å². The topological polar surface area (TPSA) is 72.4 Å². The number of benzene rings is 2. The monoisotopic (exact) mass is 386 g/mol. The van der Waals surface area contributed by atoms with E-state index < -0.39 is 0 Å². The molecule has 0 radical (unpaired) electrons. The van der Waals surface area contributed by atoms with Crippen LogP contribution >= 0.6 is 11.3 Å². The lowest BCUT2D eigenvalue weighted by atomic mass is 10.1. The molecule has 6 nitrogen and oxygen atoms in total. The molecule has 7 heteroatoms. The molecule has 0 fully saturated rings. The Labute approximate surface area is 164 Å². The Morgan fingerprint density at radius 2 is 1.89 bits per heavy atom. The zero-order valence-corrected chi connectivity index (χ0v) is 15.4. The van der Waals surface area contributed by atoms with Gasteiger partial charge in [0.15, 0.2) is 16.4 Å². The van der Waals surface area contributed by atoms with Crippen molar-refractivity contribution in [1.82, 2.24) is 14.5 Å². The highest BCUT2D eigenvalue weighted by molar-refractivity contribution is 7.15. The van der Waals surface area contributed by atoms with Crippen molar-refractivity contribution in [3.05, 3.63) is 84.1 Å². The average Bonchev–Trinajstić information content (AvgIpc) is 3.45. The van der Waals surface area contributed by atoms with Crippen LogP contribution in [0.4, 0.5) is 5.69 Å². The van der Waals surface area contributed by atoms with Gasteiger partial charge in [-0.1, -0.05) is 47.6 Å². The third-order valence-electron chi connectivity index (χ3n) is 4.31. The first kappa shape index (κ1) is 16.5. The summed E-state index contributed by atoms with van der Waals surface area (Å²) in [6.45, 7) is 0. The summed E-state index contributed by atoms with van der Waals surface area (Å²) < 4.78 is 7.28. The quantitative estimate of drug-likeness (QED) is 0.473. The van der Waals surface area contributed by atoms with E-state index in [4.69, 9.17) is 4.52 Å². The Morgan fingerprint density at radius 3 is 2.75 bits per heavy atom. The molecule has 0 spiro atoms. The average molecular weight is 386 g/mol. The summed E-state index contributed by atoms with van der Waals surface area (Å²) in [7, 11) is 0. The first-order chi connectivity index (χ1) is 13.8. The molecule has 1 amide bonds. The van der Waals surface area contributed by atoms with Crippen LogP contribution in [0.25, 0.3) is 27.5 Å². The maximum atomic E-state index is 12.6. The number of anilines is 1. The lowest BCUT2D eigenvalue weighted by molar-refractivity contribution is 0.101. The molecular weight excluding hydrogens is 372 g/mol. The maximum absolute atomic E-state index is 12.6. The Kier molecular flexibility index (Phi) is 3.99. The smallest absolute Gasteiger partial charge is 0.277 e. The SMILES string of the molecule is O=C(Nc1cccc(-c2cn3ccsc3n2)c1)c1cc(-c2ccccc2)on1. The predicted molar refractivity (Wildman–Crippen MR) is 108 cm³/mol. The Hall–Kier alpha value is -3.71. The van der Waals surface area contributed by atoms with E-state index in [0.29, 0.717) is 11.4 Å². The number of carbonyl (C=O) groups excluding carboxylic acids is 1. The minimum absolute atomic E-state index is 0.228. The molecule has 0 saturated heterocycles. The molecule has 136 valence electrons. The minimum atomic E-state index is -0.325. The molecule has 0 aliphatic heterocycles. The van der Waals surface area contributed by atoms with E-state index >= 15 is 0 Å². The summed E-state index contributed by atoms with van der Waals surface area (Å²) in [6.07, 6.45) is 3.94. The highest BCUT2D eigenvalue weighted by Crippen LogP contribution is 2.25. The van der Waals surface area contributed by atoms with Gasteiger partial charge in [-0.3, -0.25) is 9.20 Å². The fraction of sp³-hybridized carbons (Fsp3) is 0. The summed E-state index contributed by atoms with van der Waals surface area (Å²) >= 11 is 1.58. The van der Waals surface area contributed by atoms with Crippen LogP contribution in [0.3, 0.4) is 0 Å². The second-order valence-corrected chi connectivity index (χ2v) is 7.07. The molecule has 3 heterocycles. The summed E-state index contributed by atoms with van der Waals surface area (Å²) in [6, 6.07) is 18.8. The molecule has 3 aromatic heterocycles. The fourth-order valence-corrected chi connectivity index (χ4v) is 3.64. The van der Waals surface area contributed by atoms with Crippen molar-refractivity contribution in [2.45, 2.75) is 0 Å². The van der Waals surface area contributed by atoms with Gasteiger partial charge in [0.25, 0.3) is 5.91 Å². The van der Waals surface area contributed by atoms with Crippen molar-refractivity contribution in [2.24, 2.45) is 0 Å². The van der Waals surface area contributed by atoms with E-state index in [1.165, 1.54) is 0 Å². The van der Waals surface area contributed by atoms with Crippen LogP contribution in [0.5, 0.6) is 0 Å². The van der Waals surface area contributed by atoms with E-state index in [0.717, 1.165) is 21.8 Å². The Morgan fingerprint density at radius 1 is 1.04 bits per heavy atom. The third kappa shape index (κ3) is 3.08. The number of carbonyl (C=O) groups is 1. The third-order valence-corrected chi connectivity index (χ3v) is 5.08. The maximum Gasteiger partial charge on any atom is 0.277 e. The van der Waals surface area contributed by atoms with E-state index in [9.17, 15) is 4.79 Å². The van der Waals surface area contributed by atoms with E-state index in [2.05, 4.69) is 15.5 Å². The van der Waals surface area contributed by atoms with Gasteiger partial charge in [-0.2, -0.15) is 0 Å². The van der Waals surface area contributed by atoms with E-state index in [1.807, 2.05) is 76.8 Å². The van der Waals surface area contributed by atoms with Crippen molar-refractivity contribution in [3.8, 4) is 22.6 Å². The van der Waals surface area contributed by atoms with Crippen LogP contribution in [0.2, 0.25) is 0 Å². The lowest BCUT2D eigenvalue weighted by Gasteiger charge is -2.04. The van der Waals surface area contributed by atoms with E-state index in [-0.39, 0.29) is 11.6 Å². The highest BCUT2D eigenvalue weighted by Gasteiger charge is 2.14. The van der Waals surface area contributed by atoms with Gasteiger partial charge < -0.3 is 9.84 Å². The first-order valence-electron chi connectivity index (χ1n) is 8.62. The summed E-state index contributed by atoms with van der Waals surface area (Å²) in [4.78, 5) is 18.1. The fourth-order valence-electron chi connectivity index (χ4n) is 2.94. The van der Waals surface area contributed by atoms with E-state index in [1.54, 1.807) is 17.4 Å². The van der Waals surface area contributed by atoms with Crippen LogP contribution < -0.4 is 5.32 Å². The minimum Gasteiger partial charge on any atom is -0.355 e. The summed E-state index contributed by atoms with van der Waals surface area (Å²) in [5.74, 6) is 0.228. The number of fused-ring (bicyclic) bond motifs is 1. The summed E-state index contributed by atoms with van der Waals surface area (Å²) in [5, 5.41) is 8.75. The lowest BCUT2D eigenvalue weighted by Crippen LogP contribution is -2.12. The number of amides is 1. The van der Waals surface area contributed by atoms with Crippen molar-refractivity contribution in [1.29, 1.82) is 0 Å². The molecular formula is C21H14N4O2S. The van der Waals surface area contributed by atoms with Crippen molar-refractivity contribution in [2.75, 3.05) is 5.32 Å². The number of hydrogen-bond acceptors (Lipinski definition) is 5. The van der Waals surface area contributed by atoms with Gasteiger partial charge in [0.05, 0.1) is 5.69 Å². The molecule has 0 unspecified atom stereocenters. The molecule has 28 heavy (non-hydrogen) atoms. The molecule has 0 atom stereocenters. The van der Waals surface area contributed by atoms with Crippen LogP contribution in [0, 0.1) is 0 Å². The number of nitrogens with one attached hydrogen (secondary N) is 1. The van der Waals surface area contributed by atoms with Gasteiger partial charge in [0, 0.05) is 40.7 Å². The highest BCUT2D eigenvalue weighted by atomic mass is 32.1. The molecule has 2 aromatic carbocycles. The number of nitrogens with zero attached hydrogens (tertiary/aromatic N) is 3. The standard InChI is InChI=1S/C21H14N4O2S/c26-20(17-12-19(27-24-17)14-5-2-1-3-6-14)22-16-8-4-7-15(11-16)18-13-25-9-10-28-21(25)23-18/h1-13H,(H,22,26). The van der Waals surface area contributed by atoms with Crippen molar-refractivity contribution < 1.29 is 9.32 Å². The van der Waals surface area contributed by atoms with Gasteiger partial charge >= 0.3 is 0 Å². The Balaban J connectivity index is 1.37. The molecule has 5 aromatic rings. The molecule has 0 aliphatic rings. The van der Waals surface area contributed by atoms with Crippen LogP contribution in [0.1, 0.15) is 10.5 Å². The number of thiazole rings is 1. The summed E-state index contributed by atoms with van der Waals surface area (Å²) in [5.41, 5.74) is 3.56. The molecule has 5 rings (SSSR count). The second kappa shape index (κ2) is 6.79. The van der Waals surface area contributed by atoms with Gasteiger partial charge in [0.2, 0.25) is 0 Å². The van der Waals surface area contributed by atoms with Gasteiger partial charge in [0.1, 0.15) is 0 Å². The van der Waals surface area contributed by atoms with Crippen LogP contribution in [-0.4, -0.2) is 20.4 Å². The number of aromatic nitrogens is 3. The molecule has 0 saturated carbocycles. The molecule has 1 N–H and O–H groups in total. The zero-order chi connectivity index (χ0) is 18.9. The second-order valence-electron chi connectivity index (χ2n) is 6.20. The normalized spacial score (nSPS) is 11.0. The van der Waals surface area contributed by atoms with Crippen molar-refractivity contribution >= 4 is 27.9 Å².